The van der Waals surface area contributed by atoms with Crippen molar-refractivity contribution in [2.45, 2.75) is 58.5 Å². The average Bonchev–Trinajstić information content (AvgIpc) is 2.71. The standard InChI is InChI=1S/C20H23O8P.C2H5NO.2Na.7H2/c1-3-5-7-9-11-12-14-19(21)26-16-18(17-27-29(23,24)25)28-20(22)15-13-10-8-6-4-2;1-2(3)4;;;;;;;;;/h1,18H,4,6,8,10,13,15-17H2,2H3,(H2,23,24,25);1H3,(H2,3,4);;;7*1H/q;;2*+1;;;;;;;/p-2/t18-;;;;;;;;;;/m1........../s1. The van der Waals surface area contributed by atoms with Crippen LogP contribution < -0.4 is 74.6 Å². The maximum atomic E-state index is 11.8. The first-order valence-corrected chi connectivity index (χ1v) is 11.2. The van der Waals surface area contributed by atoms with Gasteiger partial charge in [0.15, 0.2) is 6.10 Å². The number of unbranched alkanes of at least 4 members (excludes halogenated alkanes) is 4. The molecule has 0 spiro atoms. The fourth-order valence-corrected chi connectivity index (χ4v) is 2.17. The second-order valence-corrected chi connectivity index (χ2v) is 7.28. The van der Waals surface area contributed by atoms with E-state index in [1.165, 1.54) is 6.92 Å². The largest absolute Gasteiger partial charge is 1.00 e. The molecule has 35 heavy (non-hydrogen) atoms. The number of rotatable bonds is 12. The van der Waals surface area contributed by atoms with Crippen molar-refractivity contribution < 1.29 is 112 Å². The maximum Gasteiger partial charge on any atom is 1.00 e. The molecule has 0 aliphatic rings. The van der Waals surface area contributed by atoms with Crippen molar-refractivity contribution in [2.75, 3.05) is 13.2 Å². The first kappa shape index (κ1) is 40.9. The molecular weight excluding hydrogens is 499 g/mol. The van der Waals surface area contributed by atoms with Gasteiger partial charge in [-0.05, 0) is 41.9 Å². The zero-order chi connectivity index (χ0) is 25.5. The van der Waals surface area contributed by atoms with Crippen LogP contribution in [0.25, 0.3) is 0 Å². The van der Waals surface area contributed by atoms with E-state index in [1.807, 2.05) is 11.8 Å². The van der Waals surface area contributed by atoms with Gasteiger partial charge in [0.05, 0.1) is 14.4 Å². The van der Waals surface area contributed by atoms with Crippen LogP contribution >= 0.6 is 7.82 Å². The molecule has 0 bridgehead atoms. The van der Waals surface area contributed by atoms with E-state index in [2.05, 4.69) is 46.8 Å². The van der Waals surface area contributed by atoms with Crippen LogP contribution in [0.1, 0.15) is 62.4 Å². The summed E-state index contributed by atoms with van der Waals surface area (Å²) in [5.74, 6) is 13.3. The van der Waals surface area contributed by atoms with Crippen molar-refractivity contribution in [2.24, 2.45) is 5.73 Å². The number of esters is 2. The molecule has 0 aromatic carbocycles. The van der Waals surface area contributed by atoms with Crippen LogP contribution in [0, 0.1) is 47.9 Å². The Morgan fingerprint density at radius 2 is 1.54 bits per heavy atom. The summed E-state index contributed by atoms with van der Waals surface area (Å²) in [6.45, 7) is 2.06. The van der Waals surface area contributed by atoms with Gasteiger partial charge >= 0.3 is 71.1 Å². The number of phosphoric ester groups is 1. The molecule has 0 aliphatic heterocycles. The zero-order valence-electron chi connectivity index (χ0n) is 20.5. The molecule has 10 nitrogen and oxygen atoms in total. The molecule has 0 unspecified atom stereocenters. The Morgan fingerprint density at radius 1 is 1.00 bits per heavy atom. The number of amides is 1. The van der Waals surface area contributed by atoms with Gasteiger partial charge in [0, 0.05) is 29.3 Å². The van der Waals surface area contributed by atoms with Gasteiger partial charge in [0.1, 0.15) is 6.61 Å². The van der Waals surface area contributed by atoms with Crippen molar-refractivity contribution in [1.82, 2.24) is 0 Å². The SMILES string of the molecule is C#CC#CC#CC#CC(=O)OC[C@H](COP(=O)([O-])[O-])OC(=O)CCCCCCC.CC(N)=O.[HH].[HH].[HH].[HH].[HH].[HH].[HH].[Na+].[Na+]. The second-order valence-electron chi connectivity index (χ2n) is 6.12. The molecule has 0 fully saturated rings. The summed E-state index contributed by atoms with van der Waals surface area (Å²) in [4.78, 5) is 53.8. The van der Waals surface area contributed by atoms with Gasteiger partial charge < -0.3 is 34.1 Å². The third kappa shape index (κ3) is 37.5. The van der Waals surface area contributed by atoms with E-state index >= 15 is 0 Å². The number of terminal acetylenes is 1. The molecule has 0 saturated heterocycles. The molecule has 0 aromatic heterocycles. The summed E-state index contributed by atoms with van der Waals surface area (Å²) in [5.41, 5.74) is 4.47. The molecule has 1 atom stereocenters. The second kappa shape index (κ2) is 27.3. The van der Waals surface area contributed by atoms with E-state index in [9.17, 15) is 28.7 Å². The predicted octanol–water partition coefficient (Wildman–Crippen LogP) is -4.49. The molecule has 0 saturated carbocycles. The van der Waals surface area contributed by atoms with Crippen molar-refractivity contribution in [3.05, 3.63) is 0 Å². The molecule has 0 aliphatic carbocycles. The zero-order valence-corrected chi connectivity index (χ0v) is 25.4. The molecule has 2 N–H and O–H groups in total. The van der Waals surface area contributed by atoms with Crippen molar-refractivity contribution in [1.29, 1.82) is 0 Å². The van der Waals surface area contributed by atoms with Gasteiger partial charge in [-0.15, -0.1) is 6.42 Å². The maximum absolute atomic E-state index is 11.8. The molecule has 0 heterocycles. The summed E-state index contributed by atoms with van der Waals surface area (Å²) in [5, 5.41) is 0. The molecule has 194 valence electrons. The minimum absolute atomic E-state index is 0. The van der Waals surface area contributed by atoms with E-state index in [0.717, 1.165) is 25.7 Å². The van der Waals surface area contributed by atoms with Gasteiger partial charge in [0.2, 0.25) is 5.91 Å². The van der Waals surface area contributed by atoms with E-state index in [-0.39, 0.29) is 81.4 Å². The van der Waals surface area contributed by atoms with Crippen LogP contribution in [-0.4, -0.2) is 37.2 Å². The van der Waals surface area contributed by atoms with E-state index in [1.54, 1.807) is 0 Å². The minimum atomic E-state index is -5.28. The number of nitrogens with two attached hydrogens (primary N) is 1. The molecular formula is C22H40NNa2O9P. The summed E-state index contributed by atoms with van der Waals surface area (Å²) < 4.78 is 24.5. The normalized spacial score (nSPS) is 9.46. The van der Waals surface area contributed by atoms with Crippen LogP contribution in [-0.2, 0) is 32.9 Å². The first-order chi connectivity index (χ1) is 15.5. The summed E-state index contributed by atoms with van der Waals surface area (Å²) in [6.07, 6.45) is 8.27. The van der Waals surface area contributed by atoms with Gasteiger partial charge in [-0.1, -0.05) is 32.6 Å². The van der Waals surface area contributed by atoms with E-state index < -0.39 is 39.1 Å². The van der Waals surface area contributed by atoms with Crippen LogP contribution in [0.5, 0.6) is 0 Å². The fraction of sp³-hybridized carbons (Fsp3) is 0.500. The Hall–Kier alpha value is -1.24. The van der Waals surface area contributed by atoms with E-state index in [4.69, 9.17) is 15.9 Å². The predicted molar refractivity (Wildman–Crippen MR) is 130 cm³/mol. The number of carbonyl (C=O) groups excluding carboxylic acids is 3. The molecule has 13 heteroatoms. The molecule has 0 radical (unpaired) electrons. The van der Waals surface area contributed by atoms with Gasteiger partial charge in [-0.3, -0.25) is 9.59 Å². The molecule has 0 aromatic rings. The first-order valence-electron chi connectivity index (χ1n) is 9.77. The number of carbonyl (C=O) groups is 3. The number of primary amides is 1. The minimum Gasteiger partial charge on any atom is -0.790 e. The number of hydrogen-bond acceptors (Lipinski definition) is 9. The van der Waals surface area contributed by atoms with Crippen LogP contribution in [0.15, 0.2) is 0 Å². The van der Waals surface area contributed by atoms with Gasteiger partial charge in [0.25, 0.3) is 0 Å². The Morgan fingerprint density at radius 3 is 2.09 bits per heavy atom. The number of ether oxygens (including phenoxy) is 2. The van der Waals surface area contributed by atoms with Crippen LogP contribution in [0.2, 0.25) is 0 Å². The number of phosphoric acid groups is 1. The average molecular weight is 540 g/mol. The Bertz CT molecular complexity index is 932. The number of hydrogen-bond donors (Lipinski definition) is 1. The third-order valence-corrected chi connectivity index (χ3v) is 3.55. The van der Waals surface area contributed by atoms with Crippen LogP contribution in [0.3, 0.4) is 0 Å². The van der Waals surface area contributed by atoms with Crippen molar-refractivity contribution >= 4 is 25.7 Å². The summed E-state index contributed by atoms with van der Waals surface area (Å²) in [7, 11) is -5.28. The Balaban J connectivity index is -0.0000000769. The molecule has 0 rings (SSSR count). The van der Waals surface area contributed by atoms with Gasteiger partial charge in [-0.25, -0.2) is 4.79 Å². The monoisotopic (exact) mass is 539 g/mol. The van der Waals surface area contributed by atoms with Crippen LogP contribution in [0.4, 0.5) is 0 Å². The van der Waals surface area contributed by atoms with Crippen molar-refractivity contribution in [3.63, 3.8) is 0 Å². The smallest absolute Gasteiger partial charge is 0.790 e. The van der Waals surface area contributed by atoms with Gasteiger partial charge in [-0.2, -0.15) is 0 Å². The summed E-state index contributed by atoms with van der Waals surface area (Å²) in [6, 6.07) is 0. The van der Waals surface area contributed by atoms with E-state index in [0.29, 0.717) is 6.42 Å². The fourth-order valence-electron chi connectivity index (χ4n) is 1.83. The molecule has 1 amide bonds. The van der Waals surface area contributed by atoms with Crippen molar-refractivity contribution in [3.8, 4) is 47.9 Å². The topological polar surface area (TPSA) is 168 Å². The third-order valence-electron chi connectivity index (χ3n) is 3.09. The Labute approximate surface area is 261 Å². The quantitative estimate of drug-likeness (QED) is 0.0642. The summed E-state index contributed by atoms with van der Waals surface area (Å²) >= 11 is 0. The Kier molecular flexibility index (Phi) is 32.0.